The summed E-state index contributed by atoms with van der Waals surface area (Å²) >= 11 is 0. The summed E-state index contributed by atoms with van der Waals surface area (Å²) in [4.78, 5) is 27.5. The van der Waals surface area contributed by atoms with Crippen LogP contribution in [-0.2, 0) is 6.42 Å². The Morgan fingerprint density at radius 1 is 0.967 bits per heavy atom. The van der Waals surface area contributed by atoms with Crippen LogP contribution in [0, 0.1) is 5.92 Å². The highest BCUT2D eigenvalue weighted by molar-refractivity contribution is 6.04. The topological polar surface area (TPSA) is 73.5 Å². The van der Waals surface area contributed by atoms with Crippen LogP contribution in [0.3, 0.4) is 0 Å². The maximum absolute atomic E-state index is 12.8. The lowest BCUT2D eigenvalue weighted by molar-refractivity contribution is 0.0949. The lowest BCUT2D eigenvalue weighted by Gasteiger charge is -2.22. The van der Waals surface area contributed by atoms with Gasteiger partial charge in [0.25, 0.3) is 5.91 Å². The average molecular weight is 409 g/mol. The summed E-state index contributed by atoms with van der Waals surface area (Å²) in [6, 6.07) is 13.0. The van der Waals surface area contributed by atoms with Crippen molar-refractivity contribution in [3.8, 4) is 0 Å². The molecule has 1 saturated heterocycles. The van der Waals surface area contributed by atoms with Crippen molar-refractivity contribution in [3.05, 3.63) is 53.6 Å². The fourth-order valence-corrected chi connectivity index (χ4v) is 3.54. The average Bonchev–Trinajstić information content (AvgIpc) is 3.27. The lowest BCUT2D eigenvalue weighted by Crippen LogP contribution is -2.30. The molecule has 1 aliphatic rings. The van der Waals surface area contributed by atoms with Crippen molar-refractivity contribution in [2.45, 2.75) is 40.0 Å². The van der Waals surface area contributed by atoms with E-state index in [1.165, 1.54) is 5.56 Å². The Morgan fingerprint density at radius 3 is 2.23 bits per heavy atom. The third-order valence-corrected chi connectivity index (χ3v) is 5.24. The number of rotatable bonds is 7. The van der Waals surface area contributed by atoms with Gasteiger partial charge in [-0.25, -0.2) is 4.79 Å². The minimum atomic E-state index is -0.332. The van der Waals surface area contributed by atoms with Crippen molar-refractivity contribution in [2.24, 2.45) is 5.92 Å². The summed E-state index contributed by atoms with van der Waals surface area (Å²) in [5.74, 6) is 0.264. The summed E-state index contributed by atoms with van der Waals surface area (Å²) in [6.07, 6.45) is 3.22. The van der Waals surface area contributed by atoms with Crippen LogP contribution in [0.5, 0.6) is 0 Å². The van der Waals surface area contributed by atoms with Gasteiger partial charge in [-0.2, -0.15) is 0 Å². The van der Waals surface area contributed by atoms with E-state index in [0.717, 1.165) is 43.7 Å². The second-order valence-corrected chi connectivity index (χ2v) is 8.16. The molecule has 2 aromatic rings. The van der Waals surface area contributed by atoms with E-state index in [1.54, 1.807) is 6.07 Å². The van der Waals surface area contributed by atoms with Gasteiger partial charge < -0.3 is 20.9 Å². The van der Waals surface area contributed by atoms with E-state index < -0.39 is 0 Å². The van der Waals surface area contributed by atoms with Crippen molar-refractivity contribution >= 4 is 29.0 Å². The number of hydrogen-bond donors (Lipinski definition) is 3. The zero-order chi connectivity index (χ0) is 21.5. The van der Waals surface area contributed by atoms with E-state index in [0.29, 0.717) is 23.7 Å². The minimum absolute atomic E-state index is 0.107. The smallest absolute Gasteiger partial charge is 0.323 e. The Labute approximate surface area is 179 Å². The molecule has 0 spiro atoms. The third kappa shape index (κ3) is 5.75. The molecule has 6 nitrogen and oxygen atoms in total. The molecular weight excluding hydrogens is 376 g/mol. The number of anilines is 3. The molecule has 6 heteroatoms. The predicted molar refractivity (Wildman–Crippen MR) is 124 cm³/mol. The molecule has 1 aliphatic heterocycles. The van der Waals surface area contributed by atoms with Crippen LogP contribution < -0.4 is 20.9 Å². The van der Waals surface area contributed by atoms with Crippen LogP contribution in [0.4, 0.5) is 21.9 Å². The van der Waals surface area contributed by atoms with E-state index in [1.807, 2.05) is 36.4 Å². The van der Waals surface area contributed by atoms with Gasteiger partial charge in [-0.3, -0.25) is 4.79 Å². The monoisotopic (exact) mass is 408 g/mol. The van der Waals surface area contributed by atoms with E-state index >= 15 is 0 Å². The van der Waals surface area contributed by atoms with Crippen molar-refractivity contribution in [1.82, 2.24) is 5.32 Å². The fraction of sp³-hybridized carbons (Fsp3) is 0.417. The van der Waals surface area contributed by atoms with Crippen molar-refractivity contribution in [3.63, 3.8) is 0 Å². The van der Waals surface area contributed by atoms with Gasteiger partial charge in [-0.15, -0.1) is 0 Å². The number of hydrogen-bond acceptors (Lipinski definition) is 3. The van der Waals surface area contributed by atoms with Gasteiger partial charge in [0.2, 0.25) is 0 Å². The quantitative estimate of drug-likeness (QED) is 0.611. The fourth-order valence-electron chi connectivity index (χ4n) is 3.54. The molecule has 30 heavy (non-hydrogen) atoms. The lowest BCUT2D eigenvalue weighted by atomic mass is 10.1. The largest absolute Gasteiger partial charge is 0.371 e. The van der Waals surface area contributed by atoms with Gasteiger partial charge in [0.1, 0.15) is 0 Å². The first-order chi connectivity index (χ1) is 14.5. The number of nitrogens with zero attached hydrogens (tertiary/aromatic N) is 1. The standard InChI is InChI=1S/C24H32N4O2/c1-4-18-7-9-19(10-8-18)26-24(30)27-20-11-12-22(28-13-5-6-14-28)21(15-20)23(29)25-16-17(2)3/h7-12,15,17H,4-6,13-14,16H2,1-3H3,(H,25,29)(H2,26,27,30). The van der Waals surface area contributed by atoms with E-state index in [-0.39, 0.29) is 11.9 Å². The Morgan fingerprint density at radius 2 is 1.60 bits per heavy atom. The molecule has 0 radical (unpaired) electrons. The number of amides is 3. The Bertz CT molecular complexity index is 871. The molecule has 2 aromatic carbocycles. The molecule has 0 saturated carbocycles. The number of carbonyl (C=O) groups excluding carboxylic acids is 2. The summed E-state index contributed by atoms with van der Waals surface area (Å²) < 4.78 is 0. The van der Waals surface area contributed by atoms with Crippen LogP contribution in [0.15, 0.2) is 42.5 Å². The highest BCUT2D eigenvalue weighted by Crippen LogP contribution is 2.28. The number of carbonyl (C=O) groups is 2. The van der Waals surface area contributed by atoms with Crippen molar-refractivity contribution in [1.29, 1.82) is 0 Å². The van der Waals surface area contributed by atoms with Crippen molar-refractivity contribution in [2.75, 3.05) is 35.2 Å². The van der Waals surface area contributed by atoms with Gasteiger partial charge in [-0.05, 0) is 61.1 Å². The predicted octanol–water partition coefficient (Wildman–Crippen LogP) is 4.88. The molecule has 0 unspecified atom stereocenters. The number of aryl methyl sites for hydroxylation is 1. The Balaban J connectivity index is 1.74. The first kappa shape index (κ1) is 21.7. The molecule has 1 fully saturated rings. The molecule has 1 heterocycles. The maximum atomic E-state index is 12.8. The number of benzene rings is 2. The third-order valence-electron chi connectivity index (χ3n) is 5.24. The van der Waals surface area contributed by atoms with Crippen LogP contribution in [-0.4, -0.2) is 31.6 Å². The van der Waals surface area contributed by atoms with Crippen LogP contribution >= 0.6 is 0 Å². The molecule has 3 N–H and O–H groups in total. The minimum Gasteiger partial charge on any atom is -0.371 e. The Kier molecular flexibility index (Phi) is 7.33. The van der Waals surface area contributed by atoms with Crippen LogP contribution in [0.25, 0.3) is 0 Å². The van der Waals surface area contributed by atoms with Crippen molar-refractivity contribution < 1.29 is 9.59 Å². The zero-order valence-electron chi connectivity index (χ0n) is 18.1. The van der Waals surface area contributed by atoms with Gasteiger partial charge in [0.15, 0.2) is 0 Å². The highest BCUT2D eigenvalue weighted by atomic mass is 16.2. The highest BCUT2D eigenvalue weighted by Gasteiger charge is 2.20. The molecule has 3 amide bonds. The van der Waals surface area contributed by atoms with Crippen LogP contribution in [0.2, 0.25) is 0 Å². The summed E-state index contributed by atoms with van der Waals surface area (Å²) in [6.45, 7) is 8.74. The molecule has 3 rings (SSSR count). The van der Waals surface area contributed by atoms with E-state index in [2.05, 4.69) is 41.6 Å². The maximum Gasteiger partial charge on any atom is 0.323 e. The van der Waals surface area contributed by atoms with Gasteiger partial charge in [0.05, 0.1) is 5.56 Å². The van der Waals surface area contributed by atoms with Gasteiger partial charge in [-0.1, -0.05) is 32.9 Å². The normalized spacial score (nSPS) is 13.4. The summed E-state index contributed by atoms with van der Waals surface area (Å²) in [7, 11) is 0. The molecular formula is C24H32N4O2. The first-order valence-electron chi connectivity index (χ1n) is 10.8. The SMILES string of the molecule is CCc1ccc(NC(=O)Nc2ccc(N3CCCC3)c(C(=O)NCC(C)C)c2)cc1. The first-order valence-corrected chi connectivity index (χ1v) is 10.8. The number of urea groups is 1. The molecule has 0 bridgehead atoms. The second-order valence-electron chi connectivity index (χ2n) is 8.16. The van der Waals surface area contributed by atoms with E-state index in [4.69, 9.17) is 0 Å². The molecule has 160 valence electrons. The molecule has 0 aliphatic carbocycles. The zero-order valence-corrected chi connectivity index (χ0v) is 18.1. The van der Waals surface area contributed by atoms with E-state index in [9.17, 15) is 9.59 Å². The number of nitrogens with one attached hydrogen (secondary N) is 3. The molecule has 0 aromatic heterocycles. The van der Waals surface area contributed by atoms with Crippen LogP contribution in [0.1, 0.15) is 49.5 Å². The second kappa shape index (κ2) is 10.1. The summed E-state index contributed by atoms with van der Waals surface area (Å²) in [5, 5.41) is 8.69. The van der Waals surface area contributed by atoms with Gasteiger partial charge in [0, 0.05) is 36.7 Å². The summed E-state index contributed by atoms with van der Waals surface area (Å²) in [5.41, 5.74) is 4.07. The Hall–Kier alpha value is -3.02. The van der Waals surface area contributed by atoms with Gasteiger partial charge >= 0.3 is 6.03 Å². The molecule has 0 atom stereocenters.